The molecule has 0 unspecified atom stereocenters. The molecule has 2 amide bonds. The van der Waals surface area contributed by atoms with Crippen LogP contribution in [-0.2, 0) is 22.4 Å². The van der Waals surface area contributed by atoms with Gasteiger partial charge in [0.1, 0.15) is 6.04 Å². The molecule has 1 aromatic heterocycles. The molecule has 10 nitrogen and oxygen atoms in total. The molecule has 10 heteroatoms. The van der Waals surface area contributed by atoms with Gasteiger partial charge in [-0.15, -0.1) is 0 Å². The van der Waals surface area contributed by atoms with Crippen molar-refractivity contribution in [3.8, 4) is 28.4 Å². The number of aryl methyl sites for hydroxylation is 1. The van der Waals surface area contributed by atoms with Gasteiger partial charge in [0, 0.05) is 36.1 Å². The number of aromatic amines is 1. The average molecular weight is 641 g/mol. The number of carbonyl (C=O) groups excluding carboxylic acids is 2. The predicted octanol–water partition coefficient (Wildman–Crippen LogP) is 5.53. The van der Waals surface area contributed by atoms with Crippen molar-refractivity contribution in [2.24, 2.45) is 5.92 Å². The Morgan fingerprint density at radius 1 is 1.02 bits per heavy atom. The molecule has 3 atom stereocenters. The largest absolute Gasteiger partial charge is 0.493 e. The fraction of sp³-hybridized carbons (Fsp3) is 0.378. The first kappa shape index (κ1) is 33.4. The molecule has 4 N–H and O–H groups in total. The second-order valence-corrected chi connectivity index (χ2v) is 12.0. The van der Waals surface area contributed by atoms with Gasteiger partial charge in [-0.25, -0.2) is 0 Å². The average Bonchev–Trinajstić information content (AvgIpc) is 3.34. The van der Waals surface area contributed by atoms with Gasteiger partial charge >= 0.3 is 0 Å². The highest BCUT2D eigenvalue weighted by Gasteiger charge is 2.30. The molecular formula is C37H44N4O6. The quantitative estimate of drug-likeness (QED) is 0.160. The maximum Gasteiger partial charge on any atom is 0.242 e. The zero-order valence-electron chi connectivity index (χ0n) is 27.9. The number of H-pyrrole nitrogens is 1. The minimum atomic E-state index is -0.643. The molecule has 0 fully saturated rings. The zero-order valence-corrected chi connectivity index (χ0v) is 27.9. The first-order chi connectivity index (χ1) is 22.7. The van der Waals surface area contributed by atoms with E-state index in [0.717, 1.165) is 39.6 Å². The summed E-state index contributed by atoms with van der Waals surface area (Å²) in [5.74, 6) is 1.01. The third-order valence-corrected chi connectivity index (χ3v) is 9.09. The number of nitrogens with one attached hydrogen (secondary N) is 4. The number of amides is 2. The van der Waals surface area contributed by atoms with E-state index >= 15 is 0 Å². The molecular weight excluding hydrogens is 596 g/mol. The van der Waals surface area contributed by atoms with Crippen LogP contribution in [-0.4, -0.2) is 50.7 Å². The van der Waals surface area contributed by atoms with E-state index in [2.05, 4.69) is 27.0 Å². The van der Waals surface area contributed by atoms with Gasteiger partial charge in [0.15, 0.2) is 11.5 Å². The molecule has 1 aliphatic rings. The van der Waals surface area contributed by atoms with Crippen LogP contribution in [0.2, 0.25) is 0 Å². The number of anilines is 1. The smallest absolute Gasteiger partial charge is 0.242 e. The third kappa shape index (κ3) is 6.91. The number of para-hydroxylation sites is 1. The van der Waals surface area contributed by atoms with Gasteiger partial charge in [0.2, 0.25) is 23.0 Å². The van der Waals surface area contributed by atoms with Crippen LogP contribution in [0.15, 0.2) is 59.5 Å². The van der Waals surface area contributed by atoms with Crippen LogP contribution >= 0.6 is 0 Å². The fourth-order valence-electron chi connectivity index (χ4n) is 6.47. The molecule has 0 spiro atoms. The molecule has 0 saturated heterocycles. The van der Waals surface area contributed by atoms with E-state index in [1.54, 1.807) is 33.5 Å². The van der Waals surface area contributed by atoms with E-state index in [-0.39, 0.29) is 28.8 Å². The minimum Gasteiger partial charge on any atom is -0.493 e. The monoisotopic (exact) mass is 640 g/mol. The summed E-state index contributed by atoms with van der Waals surface area (Å²) in [6.45, 7) is 5.93. The minimum absolute atomic E-state index is 0.0597. The summed E-state index contributed by atoms with van der Waals surface area (Å²) in [5, 5.41) is 10.5. The molecule has 5 rings (SSSR count). The summed E-state index contributed by atoms with van der Waals surface area (Å²) in [6, 6.07) is 14.1. The van der Waals surface area contributed by atoms with Crippen LogP contribution in [0, 0.1) is 5.92 Å². The summed E-state index contributed by atoms with van der Waals surface area (Å²) in [4.78, 5) is 43.1. The van der Waals surface area contributed by atoms with Crippen molar-refractivity contribution in [3.63, 3.8) is 0 Å². The Morgan fingerprint density at radius 3 is 2.49 bits per heavy atom. The molecule has 3 aromatic carbocycles. The number of methoxy groups -OCH3 is 3. The van der Waals surface area contributed by atoms with Gasteiger partial charge in [-0.2, -0.15) is 0 Å². The Kier molecular flexibility index (Phi) is 10.4. The summed E-state index contributed by atoms with van der Waals surface area (Å²) in [5.41, 5.74) is 5.28. The number of rotatable bonds is 12. The van der Waals surface area contributed by atoms with Crippen LogP contribution in [0.3, 0.4) is 0 Å². The second-order valence-electron chi connectivity index (χ2n) is 12.0. The highest BCUT2D eigenvalue weighted by atomic mass is 16.5. The standard InChI is InChI=1S/C37H44N4O6/c1-7-21(2)34(37(44)38-17-16-24-20-39-28-11-9-8-10-25(24)28)41-30-15-13-26-27(19-31(30)43)29(40-22(3)42)14-12-23-18-32(45-4)35(46-5)36(47-6)33(23)26/h8-11,13,15,18-21,29,34,39H,7,12,14,16-17H2,1-6H3,(H,38,44)(H,40,42)(H,41,43)/t21-,29+,34-/m0/s1. The van der Waals surface area contributed by atoms with Crippen molar-refractivity contribution >= 4 is 28.4 Å². The Balaban J connectivity index is 1.50. The lowest BCUT2D eigenvalue weighted by atomic mass is 9.95. The molecule has 4 aromatic rings. The fourth-order valence-corrected chi connectivity index (χ4v) is 6.47. The molecule has 0 aliphatic heterocycles. The summed E-state index contributed by atoms with van der Waals surface area (Å²) in [6.07, 6.45) is 4.53. The van der Waals surface area contributed by atoms with Crippen LogP contribution in [0.1, 0.15) is 56.3 Å². The number of hydrogen-bond acceptors (Lipinski definition) is 7. The normalized spacial score (nSPS) is 15.0. The molecule has 0 saturated carbocycles. The van der Waals surface area contributed by atoms with Crippen LogP contribution < -0.4 is 35.6 Å². The lowest BCUT2D eigenvalue weighted by Gasteiger charge is -2.24. The molecule has 1 aliphatic carbocycles. The van der Waals surface area contributed by atoms with Gasteiger partial charge in [-0.05, 0) is 71.7 Å². The lowest BCUT2D eigenvalue weighted by molar-refractivity contribution is -0.123. The number of aromatic nitrogens is 1. The topological polar surface area (TPSA) is 131 Å². The Labute approximate surface area is 275 Å². The first-order valence-corrected chi connectivity index (χ1v) is 16.1. The highest BCUT2D eigenvalue weighted by Crippen LogP contribution is 2.50. The van der Waals surface area contributed by atoms with Gasteiger partial charge in [0.25, 0.3) is 0 Å². The highest BCUT2D eigenvalue weighted by molar-refractivity contribution is 5.87. The zero-order chi connectivity index (χ0) is 33.7. The maximum absolute atomic E-state index is 13.9. The van der Waals surface area contributed by atoms with Crippen molar-refractivity contribution in [3.05, 3.63) is 81.6 Å². The van der Waals surface area contributed by atoms with E-state index in [4.69, 9.17) is 14.2 Å². The van der Waals surface area contributed by atoms with E-state index < -0.39 is 12.1 Å². The van der Waals surface area contributed by atoms with Crippen LogP contribution in [0.25, 0.3) is 22.0 Å². The Bertz CT molecular complexity index is 1830. The molecule has 0 radical (unpaired) electrons. The summed E-state index contributed by atoms with van der Waals surface area (Å²) in [7, 11) is 4.69. The number of carbonyl (C=O) groups is 2. The molecule has 47 heavy (non-hydrogen) atoms. The predicted molar refractivity (Wildman–Crippen MR) is 185 cm³/mol. The van der Waals surface area contributed by atoms with E-state index in [1.165, 1.54) is 6.92 Å². The Morgan fingerprint density at radius 2 is 1.79 bits per heavy atom. The first-order valence-electron chi connectivity index (χ1n) is 16.1. The summed E-state index contributed by atoms with van der Waals surface area (Å²) < 4.78 is 17.2. The lowest BCUT2D eigenvalue weighted by Crippen LogP contribution is -2.45. The van der Waals surface area contributed by atoms with Crippen molar-refractivity contribution < 1.29 is 23.8 Å². The molecule has 0 bridgehead atoms. The van der Waals surface area contributed by atoms with Gasteiger partial charge in [0.05, 0.1) is 33.1 Å². The van der Waals surface area contributed by atoms with E-state index in [1.807, 2.05) is 50.4 Å². The molecule has 1 heterocycles. The number of fused-ring (bicyclic) bond motifs is 4. The van der Waals surface area contributed by atoms with Crippen molar-refractivity contribution in [2.45, 2.75) is 58.5 Å². The SMILES string of the molecule is CC[C@H](C)[C@H](Nc1ccc2c(cc1=O)[C@H](NC(C)=O)CCc1cc(OC)c(OC)c(OC)c1-2)C(=O)NCCc1c[nH]c2ccccc12. The Hall–Kier alpha value is -4.99. The van der Waals surface area contributed by atoms with E-state index in [0.29, 0.717) is 48.6 Å². The molecule has 248 valence electrons. The van der Waals surface area contributed by atoms with Gasteiger partial charge < -0.3 is 35.1 Å². The van der Waals surface area contributed by atoms with Crippen LogP contribution in [0.5, 0.6) is 17.2 Å². The number of ether oxygens (including phenoxy) is 3. The maximum atomic E-state index is 13.9. The number of hydrogen-bond donors (Lipinski definition) is 4. The van der Waals surface area contributed by atoms with Crippen molar-refractivity contribution in [1.82, 2.24) is 15.6 Å². The number of benzene rings is 2. The van der Waals surface area contributed by atoms with Gasteiger partial charge in [-0.1, -0.05) is 44.5 Å². The van der Waals surface area contributed by atoms with Crippen molar-refractivity contribution in [1.29, 1.82) is 0 Å². The second kappa shape index (κ2) is 14.6. The van der Waals surface area contributed by atoms with Crippen LogP contribution in [0.4, 0.5) is 5.69 Å². The van der Waals surface area contributed by atoms with E-state index in [9.17, 15) is 14.4 Å². The van der Waals surface area contributed by atoms with Gasteiger partial charge in [-0.3, -0.25) is 14.4 Å². The van der Waals surface area contributed by atoms with Crippen molar-refractivity contribution in [2.75, 3.05) is 33.2 Å². The summed E-state index contributed by atoms with van der Waals surface area (Å²) >= 11 is 0. The third-order valence-electron chi connectivity index (χ3n) is 9.09.